The summed E-state index contributed by atoms with van der Waals surface area (Å²) in [6, 6.07) is 14.3. The van der Waals surface area contributed by atoms with Crippen molar-refractivity contribution < 1.29 is 14.1 Å². The fourth-order valence-corrected chi connectivity index (χ4v) is 2.90. The van der Waals surface area contributed by atoms with Gasteiger partial charge in [-0.25, -0.2) is 0 Å². The van der Waals surface area contributed by atoms with E-state index in [1.54, 1.807) is 25.2 Å². The van der Waals surface area contributed by atoms with E-state index in [9.17, 15) is 9.59 Å². The molecule has 0 spiro atoms. The molecule has 0 aliphatic rings. The van der Waals surface area contributed by atoms with Crippen LogP contribution in [0.15, 0.2) is 53.1 Å². The first-order valence-electron chi connectivity index (χ1n) is 8.69. The van der Waals surface area contributed by atoms with Gasteiger partial charge in [0.1, 0.15) is 0 Å². The summed E-state index contributed by atoms with van der Waals surface area (Å²) in [7, 11) is 1.54. The largest absolute Gasteiger partial charge is 0.355 e. The molecule has 0 unspecified atom stereocenters. The van der Waals surface area contributed by atoms with Gasteiger partial charge in [-0.1, -0.05) is 41.0 Å². The highest BCUT2D eigenvalue weighted by Gasteiger charge is 2.20. The molecule has 1 N–H and O–H groups in total. The maximum Gasteiger partial charge on any atom is 0.276 e. The minimum atomic E-state index is -0.409. The van der Waals surface area contributed by atoms with Crippen LogP contribution in [0, 0.1) is 13.8 Å². The minimum Gasteiger partial charge on any atom is -0.355 e. The van der Waals surface area contributed by atoms with Crippen molar-refractivity contribution in [2.45, 2.75) is 13.8 Å². The van der Waals surface area contributed by atoms with Crippen molar-refractivity contribution in [1.82, 2.24) is 10.1 Å². The number of nitrogens with one attached hydrogen (secondary N) is 1. The van der Waals surface area contributed by atoms with Crippen molar-refractivity contribution in [1.29, 1.82) is 0 Å². The van der Waals surface area contributed by atoms with E-state index in [1.807, 2.05) is 38.1 Å². The second-order valence-corrected chi connectivity index (χ2v) is 6.98. The molecule has 2 amide bonds. The number of likely N-dealkylation sites (N-methyl/N-ethyl adjacent to an activating group) is 1. The van der Waals surface area contributed by atoms with Crippen LogP contribution >= 0.6 is 11.6 Å². The van der Waals surface area contributed by atoms with Crippen molar-refractivity contribution in [3.05, 3.63) is 70.4 Å². The van der Waals surface area contributed by atoms with Crippen molar-refractivity contribution in [3.8, 4) is 11.3 Å². The molecular formula is C21H20ClN3O3. The molecule has 0 fully saturated rings. The highest BCUT2D eigenvalue weighted by Crippen LogP contribution is 2.24. The number of amides is 2. The monoisotopic (exact) mass is 397 g/mol. The van der Waals surface area contributed by atoms with Gasteiger partial charge < -0.3 is 14.7 Å². The number of carbonyl (C=O) groups is 2. The Labute approximate surface area is 168 Å². The lowest BCUT2D eigenvalue weighted by Crippen LogP contribution is -2.35. The number of anilines is 1. The Hall–Kier alpha value is -3.12. The van der Waals surface area contributed by atoms with Crippen LogP contribution in [0.5, 0.6) is 0 Å². The Morgan fingerprint density at radius 3 is 2.64 bits per heavy atom. The molecule has 6 nitrogen and oxygen atoms in total. The molecule has 3 aromatic rings. The Balaban J connectivity index is 1.66. The number of halogens is 1. The van der Waals surface area contributed by atoms with Gasteiger partial charge in [0.2, 0.25) is 5.91 Å². The molecule has 1 aromatic heterocycles. The Morgan fingerprint density at radius 1 is 1.14 bits per heavy atom. The maximum atomic E-state index is 12.6. The van der Waals surface area contributed by atoms with Gasteiger partial charge >= 0.3 is 0 Å². The van der Waals surface area contributed by atoms with Gasteiger partial charge in [0, 0.05) is 29.4 Å². The topological polar surface area (TPSA) is 75.4 Å². The quantitative estimate of drug-likeness (QED) is 0.695. The van der Waals surface area contributed by atoms with Crippen LogP contribution in [-0.4, -0.2) is 35.5 Å². The molecule has 144 valence electrons. The molecular weight excluding hydrogens is 378 g/mol. The molecule has 0 radical (unpaired) electrons. The van der Waals surface area contributed by atoms with Crippen LogP contribution in [-0.2, 0) is 4.79 Å². The zero-order valence-electron chi connectivity index (χ0n) is 15.8. The molecule has 0 saturated heterocycles. The zero-order valence-corrected chi connectivity index (χ0v) is 16.6. The summed E-state index contributed by atoms with van der Waals surface area (Å²) in [5, 5.41) is 7.21. The first-order chi connectivity index (χ1) is 13.3. The van der Waals surface area contributed by atoms with Gasteiger partial charge in [0.05, 0.1) is 6.54 Å². The van der Waals surface area contributed by atoms with Crippen LogP contribution < -0.4 is 5.32 Å². The summed E-state index contributed by atoms with van der Waals surface area (Å²) in [6.45, 7) is 3.81. The van der Waals surface area contributed by atoms with Crippen LogP contribution in [0.4, 0.5) is 5.69 Å². The third kappa shape index (κ3) is 4.40. The highest BCUT2D eigenvalue weighted by molar-refractivity contribution is 6.30. The lowest BCUT2D eigenvalue weighted by molar-refractivity contribution is -0.116. The molecule has 28 heavy (non-hydrogen) atoms. The van der Waals surface area contributed by atoms with Crippen LogP contribution in [0.2, 0.25) is 5.02 Å². The average Bonchev–Trinajstić information content (AvgIpc) is 3.15. The molecule has 0 aliphatic heterocycles. The second kappa shape index (κ2) is 8.27. The highest BCUT2D eigenvalue weighted by atomic mass is 35.5. The van der Waals surface area contributed by atoms with E-state index in [0.29, 0.717) is 10.8 Å². The molecule has 0 bridgehead atoms. The van der Waals surface area contributed by atoms with Gasteiger partial charge in [0.25, 0.3) is 5.91 Å². The van der Waals surface area contributed by atoms with E-state index in [4.69, 9.17) is 16.1 Å². The molecule has 7 heteroatoms. The summed E-state index contributed by atoms with van der Waals surface area (Å²) in [5.74, 6) is -0.268. The van der Waals surface area contributed by atoms with Crippen molar-refractivity contribution in [3.63, 3.8) is 0 Å². The Bertz CT molecular complexity index is 1030. The van der Waals surface area contributed by atoms with E-state index in [2.05, 4.69) is 10.5 Å². The smallest absolute Gasteiger partial charge is 0.276 e. The molecule has 3 rings (SSSR count). The second-order valence-electron chi connectivity index (χ2n) is 6.54. The lowest BCUT2D eigenvalue weighted by Gasteiger charge is -2.16. The predicted molar refractivity (Wildman–Crippen MR) is 108 cm³/mol. The molecule has 2 aromatic carbocycles. The van der Waals surface area contributed by atoms with Crippen molar-refractivity contribution in [2.75, 3.05) is 18.9 Å². The van der Waals surface area contributed by atoms with Crippen LogP contribution in [0.25, 0.3) is 11.3 Å². The normalized spacial score (nSPS) is 10.6. The Kier molecular flexibility index (Phi) is 5.80. The summed E-state index contributed by atoms with van der Waals surface area (Å²) in [5.41, 5.74) is 3.65. The van der Waals surface area contributed by atoms with E-state index in [1.165, 1.54) is 11.0 Å². The molecule has 0 saturated carbocycles. The number of carbonyl (C=O) groups excluding carboxylic acids is 2. The van der Waals surface area contributed by atoms with Gasteiger partial charge in [-0.3, -0.25) is 9.59 Å². The van der Waals surface area contributed by atoms with Crippen LogP contribution in [0.3, 0.4) is 0 Å². The van der Waals surface area contributed by atoms with Gasteiger partial charge in [-0.2, -0.15) is 0 Å². The van der Waals surface area contributed by atoms with Crippen molar-refractivity contribution in [2.24, 2.45) is 0 Å². The van der Waals surface area contributed by atoms with Crippen LogP contribution in [0.1, 0.15) is 21.6 Å². The molecule has 0 atom stereocenters. The molecule has 0 aliphatic carbocycles. The number of hydrogen-bond acceptors (Lipinski definition) is 4. The summed E-state index contributed by atoms with van der Waals surface area (Å²) in [6.07, 6.45) is 0. The van der Waals surface area contributed by atoms with Gasteiger partial charge in [-0.15, -0.1) is 0 Å². The fraction of sp³-hybridized carbons (Fsp3) is 0.190. The number of rotatable bonds is 5. The Morgan fingerprint density at radius 2 is 1.89 bits per heavy atom. The van der Waals surface area contributed by atoms with E-state index >= 15 is 0 Å². The SMILES string of the molecule is Cc1cccc(NC(=O)CN(C)C(=O)c2cc(-c3cccc(Cl)c3)on2)c1C. The first-order valence-corrected chi connectivity index (χ1v) is 9.07. The van der Waals surface area contributed by atoms with Gasteiger partial charge in [0.15, 0.2) is 11.5 Å². The third-order valence-electron chi connectivity index (χ3n) is 4.44. The lowest BCUT2D eigenvalue weighted by atomic mass is 10.1. The fourth-order valence-electron chi connectivity index (χ4n) is 2.71. The number of benzene rings is 2. The summed E-state index contributed by atoms with van der Waals surface area (Å²) >= 11 is 5.98. The molecule has 1 heterocycles. The van der Waals surface area contributed by atoms with E-state index in [0.717, 1.165) is 22.4 Å². The maximum absolute atomic E-state index is 12.6. The first kappa shape index (κ1) is 19.6. The van der Waals surface area contributed by atoms with E-state index in [-0.39, 0.29) is 18.1 Å². The summed E-state index contributed by atoms with van der Waals surface area (Å²) < 4.78 is 5.25. The van der Waals surface area contributed by atoms with Crippen molar-refractivity contribution >= 4 is 29.1 Å². The van der Waals surface area contributed by atoms with E-state index < -0.39 is 5.91 Å². The van der Waals surface area contributed by atoms with Gasteiger partial charge in [-0.05, 0) is 43.2 Å². The minimum absolute atomic E-state index is 0.106. The summed E-state index contributed by atoms with van der Waals surface area (Å²) in [4.78, 5) is 26.2. The number of aryl methyl sites for hydroxylation is 1. The average molecular weight is 398 g/mol. The standard InChI is InChI=1S/C21H20ClN3O3/c1-13-6-4-9-17(14(13)2)23-20(26)12-25(3)21(27)18-11-19(28-24-18)15-7-5-8-16(22)10-15/h4-11H,12H2,1-3H3,(H,23,26). The third-order valence-corrected chi connectivity index (χ3v) is 4.68. The number of aromatic nitrogens is 1. The number of hydrogen-bond donors (Lipinski definition) is 1. The number of nitrogens with zero attached hydrogens (tertiary/aromatic N) is 2. The zero-order chi connectivity index (χ0) is 20.3. The predicted octanol–water partition coefficient (Wildman–Crippen LogP) is 4.32.